The van der Waals surface area contributed by atoms with Gasteiger partial charge in [0, 0.05) is 23.8 Å². The van der Waals surface area contributed by atoms with E-state index in [0.29, 0.717) is 34.9 Å². The molecule has 0 radical (unpaired) electrons. The Labute approximate surface area is 213 Å². The van der Waals surface area contributed by atoms with Gasteiger partial charge in [0.2, 0.25) is 0 Å². The number of benzene rings is 1. The average molecular weight is 513 g/mol. The minimum atomic E-state index is -1.13. The van der Waals surface area contributed by atoms with E-state index in [-0.39, 0.29) is 12.1 Å². The van der Waals surface area contributed by atoms with Crippen molar-refractivity contribution in [1.29, 1.82) is 0 Å². The Morgan fingerprint density at radius 1 is 1.19 bits per heavy atom. The van der Waals surface area contributed by atoms with Gasteiger partial charge in [-0.1, -0.05) is 18.0 Å². The van der Waals surface area contributed by atoms with Gasteiger partial charge < -0.3 is 19.5 Å². The van der Waals surface area contributed by atoms with E-state index in [0.717, 1.165) is 42.5 Å². The number of nitrogens with zero attached hydrogens (tertiary/aromatic N) is 4. The Kier molecular flexibility index (Phi) is 6.61. The van der Waals surface area contributed by atoms with Crippen molar-refractivity contribution >= 4 is 40.4 Å². The number of aliphatic carboxylic acids is 1. The second-order valence-corrected chi connectivity index (χ2v) is 10.1. The number of amides is 1. The van der Waals surface area contributed by atoms with Crippen molar-refractivity contribution in [2.45, 2.75) is 63.6 Å². The van der Waals surface area contributed by atoms with E-state index >= 15 is 0 Å². The van der Waals surface area contributed by atoms with Crippen LogP contribution in [0.4, 0.5) is 10.5 Å². The Hall–Kier alpha value is -3.17. The van der Waals surface area contributed by atoms with E-state index in [4.69, 9.17) is 21.3 Å². The highest BCUT2D eigenvalue weighted by atomic mass is 35.5. The molecule has 1 saturated carbocycles. The first-order valence-electron chi connectivity index (χ1n) is 12.2. The van der Waals surface area contributed by atoms with Crippen LogP contribution in [-0.2, 0) is 16.0 Å². The molecule has 9 nitrogen and oxygen atoms in total. The molecule has 1 aliphatic heterocycles. The molecule has 1 fully saturated rings. The fourth-order valence-electron chi connectivity index (χ4n) is 5.67. The number of pyridine rings is 1. The van der Waals surface area contributed by atoms with Crippen LogP contribution in [0, 0.1) is 5.92 Å². The first-order chi connectivity index (χ1) is 17.3. The molecule has 0 spiro atoms. The van der Waals surface area contributed by atoms with Gasteiger partial charge >= 0.3 is 12.1 Å². The molecule has 2 N–H and O–H groups in total. The van der Waals surface area contributed by atoms with Crippen LogP contribution in [0.3, 0.4) is 0 Å². The largest absolute Gasteiger partial charge is 0.481 e. The highest BCUT2D eigenvalue weighted by Gasteiger charge is 2.35. The second kappa shape index (κ2) is 9.71. The molecular formula is C26H29ClN4O5. The number of aromatic nitrogens is 3. The number of hydrogen-bond donors (Lipinski definition) is 2. The van der Waals surface area contributed by atoms with Gasteiger partial charge in [0.25, 0.3) is 0 Å². The maximum atomic E-state index is 12.6. The van der Waals surface area contributed by atoms with E-state index in [1.807, 2.05) is 23.6 Å². The average Bonchev–Trinajstić information content (AvgIpc) is 3.28. The molecule has 36 heavy (non-hydrogen) atoms. The number of rotatable bonds is 4. The molecular weight excluding hydrogens is 484 g/mol. The molecule has 1 amide bonds. The molecule has 0 bridgehead atoms. The lowest BCUT2D eigenvalue weighted by Crippen LogP contribution is -2.42. The van der Waals surface area contributed by atoms with Crippen molar-refractivity contribution < 1.29 is 24.5 Å². The fourth-order valence-corrected chi connectivity index (χ4v) is 5.79. The van der Waals surface area contributed by atoms with E-state index in [2.05, 4.69) is 4.98 Å². The minimum absolute atomic E-state index is 0.0255. The van der Waals surface area contributed by atoms with E-state index in [9.17, 15) is 19.8 Å². The Morgan fingerprint density at radius 2 is 2.00 bits per heavy atom. The van der Waals surface area contributed by atoms with Crippen molar-refractivity contribution in [1.82, 2.24) is 14.5 Å². The number of carbonyl (C=O) groups is 2. The number of fused-ring (bicyclic) bond motifs is 3. The molecule has 1 aliphatic carbocycles. The third-order valence-electron chi connectivity index (χ3n) is 7.49. The molecule has 190 valence electrons. The van der Waals surface area contributed by atoms with Gasteiger partial charge in [-0.15, -0.1) is 0 Å². The summed E-state index contributed by atoms with van der Waals surface area (Å²) in [6.07, 6.45) is 4.03. The third kappa shape index (κ3) is 4.20. The van der Waals surface area contributed by atoms with Crippen LogP contribution in [0.1, 0.15) is 68.3 Å². The predicted octanol–water partition coefficient (Wildman–Crippen LogP) is 4.89. The summed E-state index contributed by atoms with van der Waals surface area (Å²) in [5.74, 6) is -0.841. The monoisotopic (exact) mass is 512 g/mol. The van der Waals surface area contributed by atoms with Crippen LogP contribution in [0.15, 0.2) is 30.5 Å². The number of carboxylic acids is 1. The number of aliphatic hydroxyl groups is 1. The molecule has 4 atom stereocenters. The maximum Gasteiger partial charge on any atom is 0.414 e. The summed E-state index contributed by atoms with van der Waals surface area (Å²) in [5, 5.41) is 21.6. The fraction of sp³-hybridized carbons (Fsp3) is 0.462. The number of anilines is 1. The molecule has 3 heterocycles. The highest BCUT2D eigenvalue weighted by Crippen LogP contribution is 2.42. The third-order valence-corrected chi connectivity index (χ3v) is 7.71. The lowest BCUT2D eigenvalue weighted by atomic mass is 9.85. The summed E-state index contributed by atoms with van der Waals surface area (Å²) in [6, 6.07) is 6.97. The molecule has 5 rings (SSSR count). The van der Waals surface area contributed by atoms with E-state index < -0.39 is 24.1 Å². The van der Waals surface area contributed by atoms with Crippen LogP contribution < -0.4 is 4.90 Å². The Bertz CT molecular complexity index is 1310. The molecule has 3 aromatic rings. The van der Waals surface area contributed by atoms with Crippen LogP contribution in [0.25, 0.3) is 11.0 Å². The molecule has 3 unspecified atom stereocenters. The summed E-state index contributed by atoms with van der Waals surface area (Å²) in [6.45, 7) is 1.98. The number of aryl methyl sites for hydroxylation is 1. The maximum absolute atomic E-state index is 12.6. The zero-order valence-corrected chi connectivity index (χ0v) is 21.0. The molecule has 0 saturated heterocycles. The summed E-state index contributed by atoms with van der Waals surface area (Å²) in [7, 11) is 1.37. The second-order valence-electron chi connectivity index (χ2n) is 9.66. The van der Waals surface area contributed by atoms with Crippen LogP contribution in [0.2, 0.25) is 5.02 Å². The number of halogens is 1. The van der Waals surface area contributed by atoms with Gasteiger partial charge in [0.15, 0.2) is 6.10 Å². The van der Waals surface area contributed by atoms with Crippen LogP contribution >= 0.6 is 11.6 Å². The Morgan fingerprint density at radius 3 is 2.69 bits per heavy atom. The van der Waals surface area contributed by atoms with E-state index in [1.165, 1.54) is 13.3 Å². The summed E-state index contributed by atoms with van der Waals surface area (Å²) < 4.78 is 7.03. The standard InChI is InChI=1S/C26H29ClN4O5/c1-14-6-8-18-20(30(14)26(35)36-2)10-11-21-22(18)29-24(23(32)19-9-7-16(27)13-28-19)31(21)17-5-3-4-15(12-17)25(33)34/h7,9-11,13-15,17,23,32H,3-6,8,12H2,1-2H3,(H,33,34)/t14-,15?,17?,23?/m0/s1. The first-order valence-corrected chi connectivity index (χ1v) is 12.6. The molecule has 10 heteroatoms. The van der Waals surface area contributed by atoms with E-state index in [1.54, 1.807) is 17.0 Å². The van der Waals surface area contributed by atoms with Crippen LogP contribution in [0.5, 0.6) is 0 Å². The predicted molar refractivity (Wildman–Crippen MR) is 134 cm³/mol. The normalized spacial score (nSPS) is 22.8. The van der Waals surface area contributed by atoms with Gasteiger partial charge in [0.1, 0.15) is 5.82 Å². The number of methoxy groups -OCH3 is 1. The topological polar surface area (TPSA) is 118 Å². The van der Waals surface area contributed by atoms with Crippen molar-refractivity contribution in [2.75, 3.05) is 12.0 Å². The number of carboxylic acid groups (broad SMARTS) is 1. The van der Waals surface area contributed by atoms with Gasteiger partial charge in [-0.3, -0.25) is 14.7 Å². The summed E-state index contributed by atoms with van der Waals surface area (Å²) in [4.78, 5) is 35.3. The zero-order chi connectivity index (χ0) is 25.6. The van der Waals surface area contributed by atoms with Gasteiger partial charge in [-0.05, 0) is 63.3 Å². The summed E-state index contributed by atoms with van der Waals surface area (Å²) >= 11 is 6.00. The van der Waals surface area contributed by atoms with Crippen LogP contribution in [-0.4, -0.2) is 50.0 Å². The minimum Gasteiger partial charge on any atom is -0.481 e. The molecule has 2 aromatic heterocycles. The van der Waals surface area contributed by atoms with Crippen molar-refractivity contribution in [3.05, 3.63) is 52.6 Å². The smallest absolute Gasteiger partial charge is 0.414 e. The number of imidazole rings is 1. The van der Waals surface area contributed by atoms with Gasteiger partial charge in [0.05, 0.1) is 40.5 Å². The van der Waals surface area contributed by atoms with Gasteiger partial charge in [-0.2, -0.15) is 0 Å². The summed E-state index contributed by atoms with van der Waals surface area (Å²) in [5.41, 5.74) is 3.58. The molecule has 1 aromatic carbocycles. The zero-order valence-electron chi connectivity index (χ0n) is 20.2. The SMILES string of the molecule is COC(=O)N1c2ccc3c(nc(C(O)c4ccc(Cl)cn4)n3C3CCCC(C(=O)O)C3)c2CC[C@@H]1C. The Balaban J connectivity index is 1.69. The van der Waals surface area contributed by atoms with Crippen molar-refractivity contribution in [2.24, 2.45) is 5.92 Å². The number of ether oxygens (including phenoxy) is 1. The lowest BCUT2D eigenvalue weighted by molar-refractivity contribution is -0.143. The quantitative estimate of drug-likeness (QED) is 0.511. The lowest BCUT2D eigenvalue weighted by Gasteiger charge is -2.34. The highest BCUT2D eigenvalue weighted by molar-refractivity contribution is 6.30. The number of carbonyl (C=O) groups excluding carboxylic acids is 1. The number of hydrogen-bond acceptors (Lipinski definition) is 6. The van der Waals surface area contributed by atoms with Crippen molar-refractivity contribution in [3.63, 3.8) is 0 Å². The van der Waals surface area contributed by atoms with Crippen molar-refractivity contribution in [3.8, 4) is 0 Å². The number of aliphatic hydroxyl groups excluding tert-OH is 1. The molecule has 2 aliphatic rings. The first kappa shape index (κ1) is 24.5. The van der Waals surface area contributed by atoms with Gasteiger partial charge in [-0.25, -0.2) is 9.78 Å².